The largest absolute Gasteiger partial charge is 0.478 e. The third-order valence-electron chi connectivity index (χ3n) is 3.88. The monoisotopic (exact) mass is 416 g/mol. The molecule has 3 rings (SSSR count). The van der Waals surface area contributed by atoms with Gasteiger partial charge in [0.1, 0.15) is 22.2 Å². The molecule has 0 aliphatic rings. The average molecular weight is 416 g/mol. The summed E-state index contributed by atoms with van der Waals surface area (Å²) in [5.41, 5.74) is 0.690. The van der Waals surface area contributed by atoms with Gasteiger partial charge in [-0.05, 0) is 35.9 Å². The number of carboxylic acid groups (broad SMARTS) is 1. The maximum Gasteiger partial charge on any atom is 0.335 e. The third-order valence-corrected chi connectivity index (χ3v) is 5.38. The summed E-state index contributed by atoms with van der Waals surface area (Å²) in [7, 11) is -3.68. The molecule has 0 saturated carbocycles. The number of sulfone groups is 1. The topological polar surface area (TPSA) is 109 Å². The van der Waals surface area contributed by atoms with Crippen molar-refractivity contribution in [3.05, 3.63) is 71.8 Å². The number of rotatable bonds is 7. The molecular weight excluding hydrogens is 400 g/mol. The maximum absolute atomic E-state index is 12.0. The number of hydrogen-bond acceptors (Lipinski definition) is 6. The molecule has 0 unspecified atom stereocenters. The van der Waals surface area contributed by atoms with Crippen LogP contribution >= 0.6 is 12.2 Å². The summed E-state index contributed by atoms with van der Waals surface area (Å²) in [4.78, 5) is 18.8. The fourth-order valence-corrected chi connectivity index (χ4v) is 3.59. The van der Waals surface area contributed by atoms with Crippen LogP contribution < -0.4 is 4.74 Å². The number of imidazole rings is 1. The minimum Gasteiger partial charge on any atom is -0.478 e. The summed E-state index contributed by atoms with van der Waals surface area (Å²) in [6.07, 6.45) is 4.88. The van der Waals surface area contributed by atoms with Gasteiger partial charge < -0.3 is 14.8 Å². The van der Waals surface area contributed by atoms with Crippen molar-refractivity contribution in [3.8, 4) is 11.5 Å². The molecule has 2 N–H and O–H groups in total. The first kappa shape index (κ1) is 19.7. The normalized spacial score (nSPS) is 11.2. The van der Waals surface area contributed by atoms with Crippen LogP contribution in [0.1, 0.15) is 21.7 Å². The van der Waals surface area contributed by atoms with Gasteiger partial charge in [0.25, 0.3) is 0 Å². The van der Waals surface area contributed by atoms with Crippen molar-refractivity contribution in [2.24, 2.45) is 0 Å². The number of benzene rings is 2. The van der Waals surface area contributed by atoms with Crippen LogP contribution in [0.5, 0.6) is 11.5 Å². The molecule has 9 heteroatoms. The van der Waals surface area contributed by atoms with E-state index in [1.54, 1.807) is 36.7 Å². The van der Waals surface area contributed by atoms with Gasteiger partial charge in [-0.15, -0.1) is 0 Å². The first-order valence-electron chi connectivity index (χ1n) is 8.11. The highest BCUT2D eigenvalue weighted by Gasteiger charge is 2.18. The van der Waals surface area contributed by atoms with E-state index in [2.05, 4.69) is 9.97 Å². The van der Waals surface area contributed by atoms with E-state index in [-0.39, 0.29) is 16.2 Å². The quantitative estimate of drug-likeness (QED) is 0.449. The molecule has 0 atom stereocenters. The Morgan fingerprint density at radius 3 is 2.43 bits per heavy atom. The van der Waals surface area contributed by atoms with Gasteiger partial charge in [0, 0.05) is 29.9 Å². The van der Waals surface area contributed by atoms with Crippen LogP contribution in [0.15, 0.2) is 59.8 Å². The Morgan fingerprint density at radius 2 is 1.86 bits per heavy atom. The molecule has 0 radical (unpaired) electrons. The number of thiocarbonyl (C=S) groups is 1. The molecule has 1 aromatic heterocycles. The van der Waals surface area contributed by atoms with E-state index in [9.17, 15) is 13.2 Å². The van der Waals surface area contributed by atoms with Crippen LogP contribution in [0.3, 0.4) is 0 Å². The lowest BCUT2D eigenvalue weighted by Crippen LogP contribution is -2.05. The number of aromatic nitrogens is 2. The molecule has 0 fully saturated rings. The number of nitrogens with one attached hydrogen (secondary N) is 1. The fourth-order valence-electron chi connectivity index (χ4n) is 2.50. The summed E-state index contributed by atoms with van der Waals surface area (Å²) in [5.74, 6) is 0.00319. The number of carbonyl (C=O) groups is 1. The lowest BCUT2D eigenvalue weighted by Gasteiger charge is -2.11. The second kappa shape index (κ2) is 7.91. The van der Waals surface area contributed by atoms with Gasteiger partial charge in [0.15, 0.2) is 9.84 Å². The first-order valence-corrected chi connectivity index (χ1v) is 10.4. The number of hydrogen-bond donors (Lipinski definition) is 2. The van der Waals surface area contributed by atoms with E-state index >= 15 is 0 Å². The maximum atomic E-state index is 12.0. The van der Waals surface area contributed by atoms with Crippen molar-refractivity contribution in [1.82, 2.24) is 9.97 Å². The Hall–Kier alpha value is -3.04. The van der Waals surface area contributed by atoms with E-state index in [4.69, 9.17) is 22.1 Å². The van der Waals surface area contributed by atoms with Gasteiger partial charge in [-0.2, -0.15) is 0 Å². The van der Waals surface area contributed by atoms with E-state index in [1.165, 1.54) is 12.1 Å². The summed E-state index contributed by atoms with van der Waals surface area (Å²) in [6, 6.07) is 10.6. The molecule has 0 saturated heterocycles. The minimum absolute atomic E-state index is 0.0541. The van der Waals surface area contributed by atoms with Crippen molar-refractivity contribution in [1.29, 1.82) is 0 Å². The first-order chi connectivity index (χ1) is 13.2. The van der Waals surface area contributed by atoms with Crippen LogP contribution in [-0.4, -0.2) is 40.6 Å². The molecule has 28 heavy (non-hydrogen) atoms. The number of carboxylic acids is 1. The van der Waals surface area contributed by atoms with E-state index in [1.807, 2.05) is 0 Å². The van der Waals surface area contributed by atoms with E-state index < -0.39 is 15.8 Å². The van der Waals surface area contributed by atoms with Crippen LogP contribution in [0.4, 0.5) is 0 Å². The van der Waals surface area contributed by atoms with E-state index in [0.29, 0.717) is 17.0 Å². The summed E-state index contributed by atoms with van der Waals surface area (Å²) >= 11 is 5.41. The van der Waals surface area contributed by atoms with Crippen LogP contribution in [0.2, 0.25) is 0 Å². The van der Waals surface area contributed by atoms with Crippen molar-refractivity contribution in [2.75, 3.05) is 6.26 Å². The average Bonchev–Trinajstić information content (AvgIpc) is 3.14. The smallest absolute Gasteiger partial charge is 0.335 e. The third kappa shape index (κ3) is 4.62. The Bertz CT molecular complexity index is 1120. The van der Waals surface area contributed by atoms with Crippen molar-refractivity contribution in [2.45, 2.75) is 11.3 Å². The molecule has 0 bridgehead atoms. The highest BCUT2D eigenvalue weighted by atomic mass is 32.2. The number of aromatic amines is 1. The second-order valence-electron chi connectivity index (χ2n) is 6.00. The number of nitrogens with zero attached hydrogens (tertiary/aromatic N) is 1. The number of ether oxygens (including phenoxy) is 1. The molecule has 2 aromatic carbocycles. The molecule has 0 spiro atoms. The lowest BCUT2D eigenvalue weighted by molar-refractivity contribution is 0.0696. The standard InChI is InChI=1S/C19H16N2O5S2/c1-28(24,25)17-10-13(19(22)23)4-7-15(17)26-14-5-2-12(3-6-14)16(27)11-18-20-8-9-21-18/h2-10H,11H2,1H3,(H,20,21)(H,22,23). The van der Waals surface area contributed by atoms with Gasteiger partial charge in [-0.3, -0.25) is 0 Å². The Kier molecular flexibility index (Phi) is 5.57. The zero-order valence-corrected chi connectivity index (χ0v) is 16.4. The Labute approximate surface area is 166 Å². The molecule has 144 valence electrons. The number of H-pyrrole nitrogens is 1. The zero-order valence-electron chi connectivity index (χ0n) is 14.7. The van der Waals surface area contributed by atoms with Crippen LogP contribution in [0, 0.1) is 0 Å². The summed E-state index contributed by atoms with van der Waals surface area (Å²) in [5, 5.41) is 9.08. The highest BCUT2D eigenvalue weighted by molar-refractivity contribution is 7.90. The molecule has 0 amide bonds. The molecule has 3 aromatic rings. The molecular formula is C19H16N2O5S2. The van der Waals surface area contributed by atoms with Gasteiger partial charge in [0.05, 0.1) is 5.56 Å². The van der Waals surface area contributed by atoms with Gasteiger partial charge >= 0.3 is 5.97 Å². The number of aromatic carboxylic acids is 1. The Balaban J connectivity index is 1.82. The highest BCUT2D eigenvalue weighted by Crippen LogP contribution is 2.30. The van der Waals surface area contributed by atoms with Crippen molar-refractivity contribution in [3.63, 3.8) is 0 Å². The van der Waals surface area contributed by atoms with Gasteiger partial charge in [0.2, 0.25) is 0 Å². The van der Waals surface area contributed by atoms with Gasteiger partial charge in [-0.25, -0.2) is 18.2 Å². The minimum atomic E-state index is -3.68. The summed E-state index contributed by atoms with van der Waals surface area (Å²) < 4.78 is 29.7. The van der Waals surface area contributed by atoms with Crippen LogP contribution in [-0.2, 0) is 16.3 Å². The Morgan fingerprint density at radius 1 is 1.18 bits per heavy atom. The van der Waals surface area contributed by atoms with Gasteiger partial charge in [-0.1, -0.05) is 24.4 Å². The molecule has 0 aliphatic carbocycles. The SMILES string of the molecule is CS(=O)(=O)c1cc(C(=O)O)ccc1Oc1ccc(C(=S)Cc2ncc[nH]2)cc1. The summed E-state index contributed by atoms with van der Waals surface area (Å²) in [6.45, 7) is 0. The fraction of sp³-hybridized carbons (Fsp3) is 0.105. The zero-order chi connectivity index (χ0) is 20.3. The van der Waals surface area contributed by atoms with Crippen molar-refractivity contribution < 1.29 is 23.1 Å². The van der Waals surface area contributed by atoms with Crippen molar-refractivity contribution >= 4 is 32.9 Å². The molecule has 1 heterocycles. The molecule has 0 aliphatic heterocycles. The van der Waals surface area contributed by atoms with Crippen LogP contribution in [0.25, 0.3) is 0 Å². The second-order valence-corrected chi connectivity index (χ2v) is 8.48. The van der Waals surface area contributed by atoms with E-state index in [0.717, 1.165) is 23.7 Å². The predicted octanol–water partition coefficient (Wildman–Crippen LogP) is 3.26. The molecule has 7 nitrogen and oxygen atoms in total. The lowest BCUT2D eigenvalue weighted by atomic mass is 10.1. The predicted molar refractivity (Wildman–Crippen MR) is 107 cm³/mol.